The van der Waals surface area contributed by atoms with Crippen LogP contribution in [0.25, 0.3) is 0 Å². The molecule has 104 valence electrons. The molecule has 6 nitrogen and oxygen atoms in total. The van der Waals surface area contributed by atoms with Crippen LogP contribution < -0.4 is 4.90 Å². The molecule has 0 aromatic carbocycles. The van der Waals surface area contributed by atoms with Gasteiger partial charge >= 0.3 is 5.97 Å². The maximum absolute atomic E-state index is 11.3. The molecule has 0 saturated carbocycles. The van der Waals surface area contributed by atoms with Crippen molar-refractivity contribution in [2.45, 2.75) is 19.3 Å². The van der Waals surface area contributed by atoms with E-state index in [0.29, 0.717) is 17.4 Å². The zero-order chi connectivity index (χ0) is 13.7. The van der Waals surface area contributed by atoms with Gasteiger partial charge in [-0.15, -0.1) is 0 Å². The van der Waals surface area contributed by atoms with E-state index in [4.69, 9.17) is 5.11 Å². The van der Waals surface area contributed by atoms with E-state index in [1.54, 1.807) is 0 Å². The molecule has 0 aliphatic carbocycles. The molecule has 6 heteroatoms. The predicted molar refractivity (Wildman–Crippen MR) is 70.0 cm³/mol. The summed E-state index contributed by atoms with van der Waals surface area (Å²) in [5, 5.41) is 8.93. The smallest absolute Gasteiger partial charge is 0.341 e. The Labute approximate surface area is 112 Å². The van der Waals surface area contributed by atoms with E-state index < -0.39 is 5.97 Å². The lowest BCUT2D eigenvalue weighted by Crippen LogP contribution is -2.35. The van der Waals surface area contributed by atoms with E-state index in [0.717, 1.165) is 32.4 Å². The van der Waals surface area contributed by atoms with Crippen LogP contribution in [-0.2, 0) is 4.74 Å². The summed E-state index contributed by atoms with van der Waals surface area (Å²) >= 11 is 0. The number of hydrogen-bond acceptors (Lipinski definition) is 6. The molecule has 2 heterocycles. The van der Waals surface area contributed by atoms with E-state index in [1.807, 2.05) is 0 Å². The molecule has 1 aliphatic rings. The molecule has 0 bridgehead atoms. The number of carbonyl (C=O) groups is 1. The predicted octanol–water partition coefficient (Wildman–Crippen LogP) is 0.862. The Morgan fingerprint density at radius 3 is 2.58 bits per heavy atom. The van der Waals surface area contributed by atoms with Gasteiger partial charge in [-0.05, 0) is 25.2 Å². The maximum atomic E-state index is 11.3. The van der Waals surface area contributed by atoms with Crippen LogP contribution in [0.3, 0.4) is 0 Å². The summed E-state index contributed by atoms with van der Waals surface area (Å²) < 4.78 is 4.61. The van der Waals surface area contributed by atoms with Gasteiger partial charge < -0.3 is 14.7 Å². The van der Waals surface area contributed by atoms with Crippen LogP contribution in [0.2, 0.25) is 0 Å². The molecule has 1 fully saturated rings. The fourth-order valence-electron chi connectivity index (χ4n) is 2.31. The van der Waals surface area contributed by atoms with E-state index in [2.05, 4.69) is 19.6 Å². The van der Waals surface area contributed by atoms with Gasteiger partial charge in [-0.1, -0.05) is 0 Å². The number of anilines is 1. The van der Waals surface area contributed by atoms with Crippen molar-refractivity contribution in [3.63, 3.8) is 0 Å². The minimum Gasteiger partial charge on any atom is -0.465 e. The minimum absolute atomic E-state index is 0.259. The second kappa shape index (κ2) is 6.47. The summed E-state index contributed by atoms with van der Waals surface area (Å²) in [7, 11) is 1.34. The number of carbonyl (C=O) groups excluding carboxylic acids is 1. The third-order valence-corrected chi connectivity index (χ3v) is 3.49. The number of esters is 1. The number of aliphatic hydroxyl groups excluding tert-OH is 1. The number of aliphatic hydroxyl groups is 1. The summed E-state index contributed by atoms with van der Waals surface area (Å²) in [4.78, 5) is 21.8. The largest absolute Gasteiger partial charge is 0.465 e. The third-order valence-electron chi connectivity index (χ3n) is 3.49. The Bertz CT molecular complexity index is 414. The van der Waals surface area contributed by atoms with Gasteiger partial charge in [0.05, 0.1) is 12.7 Å². The summed E-state index contributed by atoms with van der Waals surface area (Å²) in [5.74, 6) is 0.818. The first kappa shape index (κ1) is 13.7. The van der Waals surface area contributed by atoms with E-state index >= 15 is 0 Å². The lowest BCUT2D eigenvalue weighted by atomic mass is 9.94. The molecule has 1 N–H and O–H groups in total. The van der Waals surface area contributed by atoms with Gasteiger partial charge in [0.1, 0.15) is 0 Å². The first-order chi connectivity index (χ1) is 9.24. The van der Waals surface area contributed by atoms with Gasteiger partial charge in [0.25, 0.3) is 0 Å². The minimum atomic E-state index is -0.423. The van der Waals surface area contributed by atoms with Gasteiger partial charge in [0, 0.05) is 32.1 Å². The normalized spacial score (nSPS) is 16.4. The van der Waals surface area contributed by atoms with Crippen molar-refractivity contribution in [1.82, 2.24) is 9.97 Å². The number of nitrogens with zero attached hydrogens (tertiary/aromatic N) is 3. The van der Waals surface area contributed by atoms with Gasteiger partial charge in [-0.25, -0.2) is 14.8 Å². The summed E-state index contributed by atoms with van der Waals surface area (Å²) in [5.41, 5.74) is 0.362. The Balaban J connectivity index is 1.94. The van der Waals surface area contributed by atoms with Crippen molar-refractivity contribution < 1.29 is 14.6 Å². The Morgan fingerprint density at radius 1 is 1.42 bits per heavy atom. The number of piperidine rings is 1. The van der Waals surface area contributed by atoms with Crippen LogP contribution in [0.4, 0.5) is 5.95 Å². The van der Waals surface area contributed by atoms with E-state index in [1.165, 1.54) is 19.5 Å². The molecule has 0 amide bonds. The number of ether oxygens (including phenoxy) is 1. The van der Waals surface area contributed by atoms with Crippen LogP contribution in [0.5, 0.6) is 0 Å². The highest BCUT2D eigenvalue weighted by molar-refractivity contribution is 5.88. The number of rotatable bonds is 4. The second-order valence-electron chi connectivity index (χ2n) is 4.71. The second-order valence-corrected chi connectivity index (χ2v) is 4.71. The quantitative estimate of drug-likeness (QED) is 0.814. The summed E-state index contributed by atoms with van der Waals surface area (Å²) in [6.45, 7) is 2.04. The molecule has 2 rings (SSSR count). The van der Waals surface area contributed by atoms with E-state index in [-0.39, 0.29) is 6.61 Å². The lowest BCUT2D eigenvalue weighted by Gasteiger charge is -2.31. The van der Waals surface area contributed by atoms with Gasteiger partial charge in [0.15, 0.2) is 0 Å². The Hall–Kier alpha value is -1.69. The number of aromatic nitrogens is 2. The molecule has 0 radical (unpaired) electrons. The SMILES string of the molecule is COC(=O)c1cnc(N2CCC(CCO)CC2)nc1. The van der Waals surface area contributed by atoms with Crippen LogP contribution in [-0.4, -0.2) is 47.8 Å². The van der Waals surface area contributed by atoms with Gasteiger partial charge in [-0.2, -0.15) is 0 Å². The molecule has 1 aromatic heterocycles. The Morgan fingerprint density at radius 2 is 2.05 bits per heavy atom. The molecular formula is C13H19N3O3. The fourth-order valence-corrected chi connectivity index (χ4v) is 2.31. The molecular weight excluding hydrogens is 246 g/mol. The van der Waals surface area contributed by atoms with Gasteiger partial charge in [0.2, 0.25) is 5.95 Å². The molecule has 1 aromatic rings. The molecule has 19 heavy (non-hydrogen) atoms. The average Bonchev–Trinajstić information content (AvgIpc) is 2.48. The molecule has 1 aliphatic heterocycles. The highest BCUT2D eigenvalue weighted by Gasteiger charge is 2.20. The zero-order valence-corrected chi connectivity index (χ0v) is 11.1. The van der Waals surface area contributed by atoms with Crippen molar-refractivity contribution in [2.75, 3.05) is 31.7 Å². The monoisotopic (exact) mass is 265 g/mol. The first-order valence-electron chi connectivity index (χ1n) is 6.50. The average molecular weight is 265 g/mol. The Kier molecular flexibility index (Phi) is 4.68. The van der Waals surface area contributed by atoms with Crippen LogP contribution >= 0.6 is 0 Å². The topological polar surface area (TPSA) is 75.5 Å². The van der Waals surface area contributed by atoms with Crippen molar-refractivity contribution >= 4 is 11.9 Å². The van der Waals surface area contributed by atoms with Crippen LogP contribution in [0, 0.1) is 5.92 Å². The van der Waals surface area contributed by atoms with Gasteiger partial charge in [-0.3, -0.25) is 0 Å². The fraction of sp³-hybridized carbons (Fsp3) is 0.615. The lowest BCUT2D eigenvalue weighted by molar-refractivity contribution is 0.0600. The molecule has 0 spiro atoms. The van der Waals surface area contributed by atoms with Crippen molar-refractivity contribution in [3.05, 3.63) is 18.0 Å². The molecule has 1 saturated heterocycles. The number of hydrogen-bond donors (Lipinski definition) is 1. The first-order valence-corrected chi connectivity index (χ1v) is 6.50. The van der Waals surface area contributed by atoms with Crippen molar-refractivity contribution in [3.8, 4) is 0 Å². The summed E-state index contributed by atoms with van der Waals surface area (Å²) in [6, 6.07) is 0. The summed E-state index contributed by atoms with van der Waals surface area (Å²) in [6.07, 6.45) is 5.95. The standard InChI is InChI=1S/C13H19N3O3/c1-19-12(18)11-8-14-13(15-9-11)16-5-2-10(3-6-16)4-7-17/h8-10,17H,2-7H2,1H3. The van der Waals surface area contributed by atoms with Crippen LogP contribution in [0.1, 0.15) is 29.6 Å². The van der Waals surface area contributed by atoms with Crippen molar-refractivity contribution in [2.24, 2.45) is 5.92 Å². The zero-order valence-electron chi connectivity index (χ0n) is 11.1. The molecule has 0 unspecified atom stereocenters. The van der Waals surface area contributed by atoms with Crippen LogP contribution in [0.15, 0.2) is 12.4 Å². The third kappa shape index (κ3) is 3.41. The maximum Gasteiger partial charge on any atom is 0.341 e. The number of methoxy groups -OCH3 is 1. The van der Waals surface area contributed by atoms with Crippen molar-refractivity contribution in [1.29, 1.82) is 0 Å². The molecule has 0 atom stereocenters. The van der Waals surface area contributed by atoms with E-state index in [9.17, 15) is 4.79 Å². The highest BCUT2D eigenvalue weighted by atomic mass is 16.5. The highest BCUT2D eigenvalue weighted by Crippen LogP contribution is 2.22.